The topological polar surface area (TPSA) is 82.6 Å². The molecule has 1 aromatic heterocycles. The Morgan fingerprint density at radius 1 is 1.16 bits per heavy atom. The van der Waals surface area contributed by atoms with E-state index in [0.717, 1.165) is 5.56 Å². The number of ether oxygens (including phenoxy) is 1. The Hall–Kier alpha value is -2.86. The lowest BCUT2D eigenvalue weighted by molar-refractivity contribution is -0.561. The predicted molar refractivity (Wildman–Crippen MR) is 91.9 cm³/mol. The molecule has 6 nitrogen and oxygen atoms in total. The van der Waals surface area contributed by atoms with E-state index in [2.05, 4.69) is 0 Å². The minimum atomic E-state index is -1.40. The third-order valence-corrected chi connectivity index (χ3v) is 4.57. The quantitative estimate of drug-likeness (QED) is 0.395. The van der Waals surface area contributed by atoms with Crippen LogP contribution in [0.15, 0.2) is 51.7 Å². The van der Waals surface area contributed by atoms with Crippen molar-refractivity contribution in [1.82, 2.24) is 0 Å². The maximum absolute atomic E-state index is 12.5. The van der Waals surface area contributed by atoms with Crippen molar-refractivity contribution in [2.24, 2.45) is 0 Å². The zero-order valence-electron chi connectivity index (χ0n) is 13.1. The second-order valence-corrected chi connectivity index (χ2v) is 6.39. The molecule has 0 N–H and O–H groups in total. The third-order valence-electron chi connectivity index (χ3n) is 4.32. The molecule has 2 atom stereocenters. The molecule has 0 fully saturated rings. The second-order valence-electron chi connectivity index (χ2n) is 5.95. The largest absolute Gasteiger partial charge is 0.428 e. The summed E-state index contributed by atoms with van der Waals surface area (Å²) in [6, 6.07) is 11.8. The standard InChI is InChI=1S/C18H12ClNO5/c1-9-2-7-13-12(8-9)16-15(18(21)24-13)14(17(25-16)20(22)23)10-3-5-11(19)6-4-10/h2-8,14,17H,1H3/t14-,17-/m1/s1. The van der Waals surface area contributed by atoms with Crippen LogP contribution >= 0.6 is 11.6 Å². The molecule has 0 spiro atoms. The SMILES string of the molecule is Cc1ccc2oc(=O)c3c(c2c1)O[C@@H]([N+](=O)[O-])[C@@H]3c1ccc(Cl)cc1. The van der Waals surface area contributed by atoms with Gasteiger partial charge in [-0.25, -0.2) is 4.79 Å². The summed E-state index contributed by atoms with van der Waals surface area (Å²) in [5.74, 6) is -0.639. The van der Waals surface area contributed by atoms with Gasteiger partial charge in [0.1, 0.15) is 17.3 Å². The summed E-state index contributed by atoms with van der Waals surface area (Å²) >= 11 is 5.90. The van der Waals surface area contributed by atoms with Crippen molar-refractivity contribution in [1.29, 1.82) is 0 Å². The summed E-state index contributed by atoms with van der Waals surface area (Å²) in [5, 5.41) is 12.6. The molecule has 0 bridgehead atoms. The normalized spacial score (nSPS) is 18.8. The highest BCUT2D eigenvalue weighted by atomic mass is 35.5. The zero-order valence-corrected chi connectivity index (χ0v) is 13.8. The Bertz CT molecular complexity index is 1060. The molecular weight excluding hydrogens is 346 g/mol. The van der Waals surface area contributed by atoms with Gasteiger partial charge in [-0.05, 0) is 36.8 Å². The lowest BCUT2D eigenvalue weighted by Crippen LogP contribution is -2.29. The summed E-state index contributed by atoms with van der Waals surface area (Å²) in [5.41, 5.74) is 1.38. The molecule has 7 heteroatoms. The smallest absolute Gasteiger partial charge is 0.365 e. The van der Waals surface area contributed by atoms with Gasteiger partial charge < -0.3 is 9.15 Å². The van der Waals surface area contributed by atoms with Crippen LogP contribution in [0.3, 0.4) is 0 Å². The van der Waals surface area contributed by atoms with Gasteiger partial charge >= 0.3 is 11.9 Å². The first-order valence-corrected chi connectivity index (χ1v) is 7.96. The number of rotatable bonds is 2. The van der Waals surface area contributed by atoms with Crippen LogP contribution < -0.4 is 10.4 Å². The van der Waals surface area contributed by atoms with Gasteiger partial charge in [0.15, 0.2) is 0 Å². The molecule has 1 aliphatic rings. The lowest BCUT2D eigenvalue weighted by Gasteiger charge is -2.11. The van der Waals surface area contributed by atoms with Crippen LogP contribution in [-0.2, 0) is 0 Å². The summed E-state index contributed by atoms with van der Waals surface area (Å²) in [6.45, 7) is 1.88. The Morgan fingerprint density at radius 3 is 2.56 bits per heavy atom. The molecule has 0 saturated heterocycles. The molecular formula is C18H12ClNO5. The van der Waals surface area contributed by atoms with E-state index in [1.807, 2.05) is 6.92 Å². The first kappa shape index (κ1) is 15.7. The fraction of sp³-hybridized carbons (Fsp3) is 0.167. The molecule has 0 amide bonds. The number of hydrogen-bond acceptors (Lipinski definition) is 5. The third kappa shape index (κ3) is 2.46. The maximum atomic E-state index is 12.5. The van der Waals surface area contributed by atoms with Gasteiger partial charge in [-0.1, -0.05) is 35.4 Å². The van der Waals surface area contributed by atoms with Crippen molar-refractivity contribution >= 4 is 22.6 Å². The molecule has 25 heavy (non-hydrogen) atoms. The number of aryl methyl sites for hydroxylation is 1. The molecule has 126 valence electrons. The van der Waals surface area contributed by atoms with Crippen molar-refractivity contribution in [3.8, 4) is 5.75 Å². The van der Waals surface area contributed by atoms with E-state index < -0.39 is 22.7 Å². The summed E-state index contributed by atoms with van der Waals surface area (Å²) < 4.78 is 11.0. The molecule has 3 aromatic rings. The Kier molecular flexibility index (Phi) is 3.51. The highest BCUT2D eigenvalue weighted by Gasteiger charge is 2.47. The van der Waals surface area contributed by atoms with Crippen molar-refractivity contribution < 1.29 is 14.1 Å². The van der Waals surface area contributed by atoms with Crippen molar-refractivity contribution in [2.45, 2.75) is 19.1 Å². The number of benzene rings is 2. The zero-order chi connectivity index (χ0) is 17.7. The first-order valence-electron chi connectivity index (χ1n) is 7.58. The average molecular weight is 358 g/mol. The van der Waals surface area contributed by atoms with Crippen molar-refractivity contribution in [3.05, 3.63) is 84.7 Å². The number of halogens is 1. The lowest BCUT2D eigenvalue weighted by atomic mass is 9.91. The number of fused-ring (bicyclic) bond motifs is 3. The molecule has 0 saturated carbocycles. The fourth-order valence-corrected chi connectivity index (χ4v) is 3.32. The summed E-state index contributed by atoms with van der Waals surface area (Å²) in [6.07, 6.45) is -1.40. The van der Waals surface area contributed by atoms with Gasteiger partial charge in [-0.15, -0.1) is 0 Å². The van der Waals surface area contributed by atoms with Crippen LogP contribution in [0, 0.1) is 17.0 Å². The molecule has 0 radical (unpaired) electrons. The second kappa shape index (κ2) is 5.60. The van der Waals surface area contributed by atoms with Gasteiger partial charge in [0.05, 0.1) is 15.9 Å². The van der Waals surface area contributed by atoms with Gasteiger partial charge in [0, 0.05) is 5.02 Å². The monoisotopic (exact) mass is 357 g/mol. The van der Waals surface area contributed by atoms with E-state index in [0.29, 0.717) is 21.6 Å². The van der Waals surface area contributed by atoms with Crippen LogP contribution in [-0.4, -0.2) is 11.2 Å². The van der Waals surface area contributed by atoms with Gasteiger partial charge in [0.25, 0.3) is 0 Å². The van der Waals surface area contributed by atoms with Crippen LogP contribution in [0.1, 0.15) is 22.6 Å². The fourth-order valence-electron chi connectivity index (χ4n) is 3.20. The Labute approximate surface area is 146 Å². The van der Waals surface area contributed by atoms with Crippen LogP contribution in [0.4, 0.5) is 0 Å². The van der Waals surface area contributed by atoms with Crippen molar-refractivity contribution in [2.75, 3.05) is 0 Å². The molecule has 2 heterocycles. The highest BCUT2D eigenvalue weighted by molar-refractivity contribution is 6.30. The molecule has 4 rings (SSSR count). The van der Waals surface area contributed by atoms with Crippen LogP contribution in [0.5, 0.6) is 5.75 Å². The van der Waals surface area contributed by atoms with E-state index >= 15 is 0 Å². The average Bonchev–Trinajstić information content (AvgIpc) is 2.98. The molecule has 2 aromatic carbocycles. The van der Waals surface area contributed by atoms with E-state index in [-0.39, 0.29) is 11.3 Å². The molecule has 0 unspecified atom stereocenters. The van der Waals surface area contributed by atoms with Gasteiger partial charge in [-0.2, -0.15) is 0 Å². The number of nitrogens with zero attached hydrogens (tertiary/aromatic N) is 1. The minimum Gasteiger partial charge on any atom is -0.428 e. The Morgan fingerprint density at radius 2 is 1.88 bits per heavy atom. The maximum Gasteiger partial charge on any atom is 0.365 e. The van der Waals surface area contributed by atoms with E-state index in [9.17, 15) is 14.9 Å². The van der Waals surface area contributed by atoms with E-state index in [4.69, 9.17) is 20.8 Å². The van der Waals surface area contributed by atoms with Crippen LogP contribution in [0.25, 0.3) is 11.0 Å². The number of nitro groups is 1. The first-order chi connectivity index (χ1) is 12.0. The van der Waals surface area contributed by atoms with Gasteiger partial charge in [-0.3, -0.25) is 10.1 Å². The van der Waals surface area contributed by atoms with Crippen LogP contribution in [0.2, 0.25) is 5.02 Å². The number of hydrogen-bond donors (Lipinski definition) is 0. The highest BCUT2D eigenvalue weighted by Crippen LogP contribution is 2.44. The predicted octanol–water partition coefficient (Wildman–Crippen LogP) is 3.88. The summed E-state index contributed by atoms with van der Waals surface area (Å²) in [4.78, 5) is 23.6. The van der Waals surface area contributed by atoms with E-state index in [1.165, 1.54) is 0 Å². The molecule has 1 aliphatic heterocycles. The minimum absolute atomic E-state index is 0.169. The van der Waals surface area contributed by atoms with E-state index in [1.54, 1.807) is 42.5 Å². The summed E-state index contributed by atoms with van der Waals surface area (Å²) in [7, 11) is 0. The molecule has 0 aliphatic carbocycles. The van der Waals surface area contributed by atoms with Gasteiger partial charge in [0.2, 0.25) is 0 Å². The Balaban J connectivity index is 2.01. The van der Waals surface area contributed by atoms with Crippen molar-refractivity contribution in [3.63, 3.8) is 0 Å².